The van der Waals surface area contributed by atoms with Crippen molar-refractivity contribution >= 4 is 11.6 Å². The van der Waals surface area contributed by atoms with E-state index in [0.717, 1.165) is 5.75 Å². The van der Waals surface area contributed by atoms with Crippen LogP contribution < -0.4 is 9.64 Å². The molecule has 2 aromatic carbocycles. The summed E-state index contributed by atoms with van der Waals surface area (Å²) in [5, 5.41) is 8.21. The number of amides is 1. The summed E-state index contributed by atoms with van der Waals surface area (Å²) in [5.74, 6) is 0.492. The first-order valence-electron chi connectivity index (χ1n) is 9.98. The maximum absolute atomic E-state index is 14.0. The van der Waals surface area contributed by atoms with E-state index in [1.165, 1.54) is 6.07 Å². The highest BCUT2D eigenvalue weighted by Crippen LogP contribution is 2.21. The minimum Gasteiger partial charge on any atom is -0.487 e. The number of nitrogens with zero attached hydrogens (tertiary/aromatic N) is 5. The third-order valence-corrected chi connectivity index (χ3v) is 5.23. The van der Waals surface area contributed by atoms with E-state index in [-0.39, 0.29) is 18.3 Å². The Balaban J connectivity index is 1.32. The molecule has 1 aliphatic heterocycles. The molecule has 0 radical (unpaired) electrons. The van der Waals surface area contributed by atoms with Crippen molar-refractivity contribution in [1.82, 2.24) is 19.9 Å². The third kappa shape index (κ3) is 4.42. The summed E-state index contributed by atoms with van der Waals surface area (Å²) in [6, 6.07) is 15.7. The second-order valence-electron chi connectivity index (χ2n) is 7.23. The Hall–Kier alpha value is -3.42. The Kier molecular flexibility index (Phi) is 5.92. The summed E-state index contributed by atoms with van der Waals surface area (Å²) in [4.78, 5) is 16.7. The molecule has 156 valence electrons. The van der Waals surface area contributed by atoms with E-state index in [0.29, 0.717) is 37.6 Å². The lowest BCUT2D eigenvalue weighted by Crippen LogP contribution is -2.50. The Morgan fingerprint density at radius 2 is 1.77 bits per heavy atom. The van der Waals surface area contributed by atoms with Crippen LogP contribution in [0.3, 0.4) is 0 Å². The van der Waals surface area contributed by atoms with Crippen LogP contribution in [0, 0.1) is 5.82 Å². The van der Waals surface area contributed by atoms with Crippen molar-refractivity contribution in [2.75, 3.05) is 31.1 Å². The highest BCUT2D eigenvalue weighted by molar-refractivity contribution is 5.80. The lowest BCUT2D eigenvalue weighted by Gasteiger charge is -2.37. The predicted octanol–water partition coefficient (Wildman–Crippen LogP) is 2.91. The van der Waals surface area contributed by atoms with Crippen molar-refractivity contribution in [3.63, 3.8) is 0 Å². The molecule has 30 heavy (non-hydrogen) atoms. The Bertz CT molecular complexity index is 986. The smallest absolute Gasteiger partial charge is 0.247 e. The van der Waals surface area contributed by atoms with Gasteiger partial charge >= 0.3 is 0 Å². The van der Waals surface area contributed by atoms with E-state index >= 15 is 0 Å². The Labute approximate surface area is 174 Å². The molecular weight excluding hydrogens is 385 g/mol. The van der Waals surface area contributed by atoms with Crippen molar-refractivity contribution in [3.05, 3.63) is 72.3 Å². The average Bonchev–Trinajstić information content (AvgIpc) is 3.27. The van der Waals surface area contributed by atoms with Gasteiger partial charge in [0.25, 0.3) is 0 Å². The van der Waals surface area contributed by atoms with Gasteiger partial charge < -0.3 is 14.5 Å². The van der Waals surface area contributed by atoms with Crippen LogP contribution in [-0.2, 0) is 11.4 Å². The molecule has 0 unspecified atom stereocenters. The van der Waals surface area contributed by atoms with Crippen molar-refractivity contribution in [2.24, 2.45) is 0 Å². The molecule has 2 heterocycles. The van der Waals surface area contributed by atoms with Gasteiger partial charge in [0.1, 0.15) is 29.9 Å². The molecule has 0 aliphatic carbocycles. The first kappa shape index (κ1) is 19.9. The number of anilines is 1. The Morgan fingerprint density at radius 3 is 2.50 bits per heavy atom. The van der Waals surface area contributed by atoms with Crippen LogP contribution in [0.25, 0.3) is 0 Å². The number of para-hydroxylation sites is 2. The number of aromatic nitrogens is 3. The fourth-order valence-corrected chi connectivity index (χ4v) is 3.50. The minimum atomic E-state index is -0.469. The van der Waals surface area contributed by atoms with E-state index in [1.807, 2.05) is 48.2 Å². The highest BCUT2D eigenvalue weighted by atomic mass is 19.1. The van der Waals surface area contributed by atoms with Gasteiger partial charge in [0, 0.05) is 26.2 Å². The van der Waals surface area contributed by atoms with Crippen molar-refractivity contribution < 1.29 is 13.9 Å². The Morgan fingerprint density at radius 1 is 1.07 bits per heavy atom. The number of carbonyl (C=O) groups is 1. The summed E-state index contributed by atoms with van der Waals surface area (Å²) in [5.41, 5.74) is 1.24. The van der Waals surface area contributed by atoms with Gasteiger partial charge in [0.15, 0.2) is 0 Å². The van der Waals surface area contributed by atoms with Crippen LogP contribution in [0.4, 0.5) is 10.1 Å². The zero-order chi connectivity index (χ0) is 20.9. The van der Waals surface area contributed by atoms with Gasteiger partial charge in [0.05, 0.1) is 11.9 Å². The molecule has 0 saturated carbocycles. The first-order chi connectivity index (χ1) is 14.6. The van der Waals surface area contributed by atoms with Crippen molar-refractivity contribution in [2.45, 2.75) is 19.6 Å². The molecule has 0 N–H and O–H groups in total. The SMILES string of the molecule is C[C@@H](C(=O)N1CCN(c2ccccc2F)CC1)n1cc(COc2ccccc2)nn1. The number of halogens is 1. The minimum absolute atomic E-state index is 0.0244. The van der Waals surface area contributed by atoms with E-state index < -0.39 is 6.04 Å². The number of hydrogen-bond donors (Lipinski definition) is 0. The monoisotopic (exact) mass is 409 g/mol. The predicted molar refractivity (Wildman–Crippen MR) is 111 cm³/mol. The summed E-state index contributed by atoms with van der Waals surface area (Å²) < 4.78 is 21.2. The molecule has 1 fully saturated rings. The van der Waals surface area contributed by atoms with Gasteiger partial charge in [-0.15, -0.1) is 5.10 Å². The van der Waals surface area contributed by atoms with Gasteiger partial charge in [-0.1, -0.05) is 35.5 Å². The van der Waals surface area contributed by atoms with Crippen LogP contribution in [-0.4, -0.2) is 52.0 Å². The third-order valence-electron chi connectivity index (χ3n) is 5.23. The van der Waals surface area contributed by atoms with E-state index in [1.54, 1.807) is 27.9 Å². The second kappa shape index (κ2) is 8.94. The van der Waals surface area contributed by atoms with E-state index in [4.69, 9.17) is 4.74 Å². The summed E-state index contributed by atoms with van der Waals surface area (Å²) >= 11 is 0. The molecule has 8 heteroatoms. The topological polar surface area (TPSA) is 63.5 Å². The first-order valence-corrected chi connectivity index (χ1v) is 9.98. The van der Waals surface area contributed by atoms with Crippen LogP contribution in [0.5, 0.6) is 5.75 Å². The maximum Gasteiger partial charge on any atom is 0.247 e. The van der Waals surface area contributed by atoms with Gasteiger partial charge in [0.2, 0.25) is 5.91 Å². The van der Waals surface area contributed by atoms with Gasteiger partial charge in [-0.25, -0.2) is 9.07 Å². The van der Waals surface area contributed by atoms with Gasteiger partial charge in [-0.2, -0.15) is 0 Å². The molecule has 1 aromatic heterocycles. The number of piperazine rings is 1. The van der Waals surface area contributed by atoms with Gasteiger partial charge in [-0.3, -0.25) is 4.79 Å². The molecule has 1 saturated heterocycles. The van der Waals surface area contributed by atoms with E-state index in [9.17, 15) is 9.18 Å². The van der Waals surface area contributed by atoms with Crippen LogP contribution in [0.15, 0.2) is 60.8 Å². The summed E-state index contributed by atoms with van der Waals surface area (Å²) in [6.45, 7) is 4.35. The van der Waals surface area contributed by atoms with Crippen molar-refractivity contribution in [1.29, 1.82) is 0 Å². The number of hydrogen-bond acceptors (Lipinski definition) is 5. The molecule has 1 atom stereocenters. The maximum atomic E-state index is 14.0. The zero-order valence-corrected chi connectivity index (χ0v) is 16.8. The molecular formula is C22H24FN5O2. The fourth-order valence-electron chi connectivity index (χ4n) is 3.50. The number of benzene rings is 2. The molecule has 1 amide bonds. The summed E-state index contributed by atoms with van der Waals surface area (Å²) in [7, 11) is 0. The highest BCUT2D eigenvalue weighted by Gasteiger charge is 2.27. The number of carbonyl (C=O) groups excluding carboxylic acids is 1. The zero-order valence-electron chi connectivity index (χ0n) is 16.8. The molecule has 4 rings (SSSR count). The lowest BCUT2D eigenvalue weighted by atomic mass is 10.2. The molecule has 3 aromatic rings. The second-order valence-corrected chi connectivity index (χ2v) is 7.23. The average molecular weight is 409 g/mol. The quantitative estimate of drug-likeness (QED) is 0.627. The largest absolute Gasteiger partial charge is 0.487 e. The van der Waals surface area contributed by atoms with Crippen LogP contribution in [0.1, 0.15) is 18.7 Å². The summed E-state index contributed by atoms with van der Waals surface area (Å²) in [6.07, 6.45) is 1.74. The normalized spacial score (nSPS) is 15.1. The van der Waals surface area contributed by atoms with Gasteiger partial charge in [-0.05, 0) is 31.2 Å². The number of rotatable bonds is 6. The molecule has 0 spiro atoms. The fraction of sp³-hybridized carbons (Fsp3) is 0.318. The molecule has 0 bridgehead atoms. The molecule has 1 aliphatic rings. The standard InChI is InChI=1S/C22H24FN5O2/c1-17(28-15-18(24-25-28)16-30-19-7-3-2-4-8-19)22(29)27-13-11-26(12-14-27)21-10-6-5-9-20(21)23/h2-10,15,17H,11-14,16H2,1H3/t17-/m0/s1. The molecule has 7 nitrogen and oxygen atoms in total. The lowest BCUT2D eigenvalue weighted by molar-refractivity contribution is -0.134. The van der Waals surface area contributed by atoms with Crippen LogP contribution >= 0.6 is 0 Å². The number of ether oxygens (including phenoxy) is 1. The van der Waals surface area contributed by atoms with E-state index in [2.05, 4.69) is 10.3 Å². The van der Waals surface area contributed by atoms with Crippen molar-refractivity contribution in [3.8, 4) is 5.75 Å². The van der Waals surface area contributed by atoms with Crippen LogP contribution in [0.2, 0.25) is 0 Å².